The van der Waals surface area contributed by atoms with Gasteiger partial charge in [0.1, 0.15) is 0 Å². The highest BCUT2D eigenvalue weighted by Crippen LogP contribution is 2.58. The van der Waals surface area contributed by atoms with Crippen LogP contribution in [0.25, 0.3) is 5.57 Å². The second kappa shape index (κ2) is 15.9. The number of carboxylic acid groups (broad SMARTS) is 5. The first-order chi connectivity index (χ1) is 28.7. The van der Waals surface area contributed by atoms with Crippen LogP contribution in [0.5, 0.6) is 0 Å². The van der Waals surface area contributed by atoms with Crippen LogP contribution in [0, 0.1) is 34.5 Å². The maximum absolute atomic E-state index is 14.2. The van der Waals surface area contributed by atoms with E-state index < -0.39 is 101 Å². The normalized spacial score (nSPS) is 32.4. The number of nitrogens with one attached hydrogen (secondary N) is 4. The van der Waals surface area contributed by atoms with Crippen LogP contribution in [-0.4, -0.2) is 101 Å². The van der Waals surface area contributed by atoms with Gasteiger partial charge in [0.2, 0.25) is 11.8 Å². The Labute approximate surface area is 349 Å². The molecule has 3 fully saturated rings. The van der Waals surface area contributed by atoms with E-state index in [1.807, 2.05) is 6.92 Å². The van der Waals surface area contributed by atoms with Gasteiger partial charge in [-0.2, -0.15) is 0 Å². The Morgan fingerprint density at radius 1 is 0.852 bits per heavy atom. The summed E-state index contributed by atoms with van der Waals surface area (Å²) in [6.45, 7) is 3.65. The first-order valence-electron chi connectivity index (χ1n) is 20.7. The number of rotatable bonds is 15. The van der Waals surface area contributed by atoms with Gasteiger partial charge in [-0.3, -0.25) is 48.7 Å². The molecule has 61 heavy (non-hydrogen) atoms. The van der Waals surface area contributed by atoms with E-state index in [0.29, 0.717) is 33.9 Å². The van der Waals surface area contributed by atoms with Crippen molar-refractivity contribution in [1.29, 1.82) is 0 Å². The van der Waals surface area contributed by atoms with E-state index in [1.165, 1.54) is 0 Å². The molecule has 1 aliphatic carbocycles. The third kappa shape index (κ3) is 7.72. The number of nitrogens with two attached hydrogens (primary N) is 1. The molecule has 5 aliphatic heterocycles. The lowest BCUT2D eigenvalue weighted by molar-refractivity contribution is -0.139. The molecular weight excluding hydrogens is 796 g/mol. The Morgan fingerprint density at radius 3 is 2.13 bits per heavy atom. The van der Waals surface area contributed by atoms with E-state index in [9.17, 15) is 63.9 Å². The number of carboxylic acids is 5. The van der Waals surface area contributed by atoms with Gasteiger partial charge in [0, 0.05) is 103 Å². The van der Waals surface area contributed by atoms with Crippen molar-refractivity contribution < 1.29 is 63.9 Å². The average molecular weight is 849 g/mol. The number of hydrogen-bond acceptors (Lipinski definition) is 11. The largest absolute Gasteiger partial charge is 0.481 e. The van der Waals surface area contributed by atoms with Crippen LogP contribution in [0.1, 0.15) is 107 Å². The number of fused-ring (bicyclic) bond motifs is 5. The van der Waals surface area contributed by atoms with Crippen molar-refractivity contribution in [3.63, 3.8) is 0 Å². The molecule has 3 saturated heterocycles. The van der Waals surface area contributed by atoms with Crippen molar-refractivity contribution in [3.8, 4) is 0 Å². The van der Waals surface area contributed by atoms with Crippen LogP contribution in [0.15, 0.2) is 22.5 Å². The lowest BCUT2D eigenvalue weighted by Crippen LogP contribution is -2.60. The minimum atomic E-state index is -1.29. The second-order valence-corrected chi connectivity index (χ2v) is 18.1. The summed E-state index contributed by atoms with van der Waals surface area (Å²) >= 11 is 0. The molecule has 6 aliphatic rings. The van der Waals surface area contributed by atoms with E-state index >= 15 is 0 Å². The quantitative estimate of drug-likeness (QED) is 0.120. The highest BCUT2D eigenvalue weighted by molar-refractivity contribution is 6.23. The zero-order valence-electron chi connectivity index (χ0n) is 34.0. The van der Waals surface area contributed by atoms with Gasteiger partial charge in [-0.25, -0.2) is 0 Å². The predicted octanol–water partition coefficient (Wildman–Crippen LogP) is 1.73. The van der Waals surface area contributed by atoms with Gasteiger partial charge >= 0.3 is 29.8 Å². The summed E-state index contributed by atoms with van der Waals surface area (Å²) in [5.74, 6) is -9.91. The molecule has 1 aromatic rings. The number of carbonyl (C=O) groups excluding carboxylic acids is 3. The number of amides is 2. The Balaban J connectivity index is 1.53. The van der Waals surface area contributed by atoms with E-state index in [4.69, 9.17) is 10.7 Å². The fourth-order valence-corrected chi connectivity index (χ4v) is 11.9. The van der Waals surface area contributed by atoms with Crippen molar-refractivity contribution in [1.82, 2.24) is 20.9 Å². The zero-order chi connectivity index (χ0) is 44.3. The molecule has 2 amide bonds. The van der Waals surface area contributed by atoms with Crippen LogP contribution in [-0.2, 0) is 57.6 Å². The molecule has 9 atom stereocenters. The number of Topliss-reactive ketones (excluding diaryl/α,β-unsaturated/α-hetero) is 1. The molecule has 8 bridgehead atoms. The number of hydrogen-bond donors (Lipinski definition) is 10. The van der Waals surface area contributed by atoms with E-state index in [-0.39, 0.29) is 100 Å². The Bertz CT molecular complexity index is 2230. The highest BCUT2D eigenvalue weighted by Gasteiger charge is 2.67. The second-order valence-electron chi connectivity index (χ2n) is 18.1. The molecule has 11 N–H and O–H groups in total. The van der Waals surface area contributed by atoms with Crippen LogP contribution < -0.4 is 21.7 Å². The molecule has 328 valence electrons. The zero-order valence-corrected chi connectivity index (χ0v) is 34.0. The van der Waals surface area contributed by atoms with Crippen LogP contribution >= 0.6 is 0 Å². The maximum Gasteiger partial charge on any atom is 0.307 e. The molecule has 1 aromatic heterocycles. The standard InChI is InChI=1S/C42H52N6O13/c1-40(16-30(43)50)22(5-9-33(54)55)27-15-42-41(2,17-31(51)48-42)23(6-10-34(56)57)26(47-42)13-24-20(11-35(58)59)19(4-8-32(52)53)39(45-24)37-28(49)7-3-18-21(12-36(60)61)25(46-38(18)37)14-29(40)44-27/h13,19-20,22-23,26-27,45-47H,3-12,14-17H2,1-2H3,(H2,43,50)(H,48,51)(H,52,53)(H,54,55)(H,56,57)(H,58,59)(H,60,61). The molecule has 7 rings (SSSR count). The van der Waals surface area contributed by atoms with Gasteiger partial charge in [0.15, 0.2) is 5.78 Å². The summed E-state index contributed by atoms with van der Waals surface area (Å²) < 4.78 is 0. The molecule has 19 nitrogen and oxygen atoms in total. The first-order valence-corrected chi connectivity index (χ1v) is 20.7. The van der Waals surface area contributed by atoms with E-state index in [0.717, 1.165) is 0 Å². The average Bonchev–Trinajstić information content (AvgIpc) is 3.83. The lowest BCUT2D eigenvalue weighted by atomic mass is 9.63. The number of aliphatic imine (C=N–C) groups is 1. The number of aromatic nitrogens is 1. The molecule has 0 aromatic carbocycles. The van der Waals surface area contributed by atoms with E-state index in [2.05, 4.69) is 20.9 Å². The third-order valence-corrected chi connectivity index (χ3v) is 14.5. The molecule has 19 heteroatoms. The summed E-state index contributed by atoms with van der Waals surface area (Å²) in [5.41, 5.74) is 5.30. The monoisotopic (exact) mass is 848 g/mol. The van der Waals surface area contributed by atoms with Gasteiger partial charge in [-0.1, -0.05) is 13.8 Å². The number of nitrogens with zero attached hydrogens (tertiary/aromatic N) is 1. The molecular formula is C42H52N6O13. The summed E-state index contributed by atoms with van der Waals surface area (Å²) in [6, 6.07) is -1.47. The van der Waals surface area contributed by atoms with Crippen LogP contribution in [0.3, 0.4) is 0 Å². The van der Waals surface area contributed by atoms with Gasteiger partial charge in [0.25, 0.3) is 0 Å². The van der Waals surface area contributed by atoms with Crippen LogP contribution in [0.2, 0.25) is 0 Å². The Kier molecular flexibility index (Phi) is 11.3. The van der Waals surface area contributed by atoms with Crippen molar-refractivity contribution in [2.75, 3.05) is 0 Å². The molecule has 1 spiro atoms. The topological polar surface area (TPSA) is 328 Å². The predicted molar refractivity (Wildman–Crippen MR) is 212 cm³/mol. The van der Waals surface area contributed by atoms with Gasteiger partial charge in [-0.05, 0) is 54.7 Å². The number of aromatic amines is 1. The lowest BCUT2D eigenvalue weighted by Gasteiger charge is -2.42. The van der Waals surface area contributed by atoms with Gasteiger partial charge in [-0.15, -0.1) is 0 Å². The summed E-state index contributed by atoms with van der Waals surface area (Å²) in [7, 11) is 0. The first kappa shape index (κ1) is 43.2. The van der Waals surface area contributed by atoms with Crippen molar-refractivity contribution in [3.05, 3.63) is 40.0 Å². The summed E-state index contributed by atoms with van der Waals surface area (Å²) in [6.07, 6.45) is -0.133. The molecule has 9 unspecified atom stereocenters. The number of allylic oxidation sites excluding steroid dienone is 3. The number of ketones is 1. The van der Waals surface area contributed by atoms with Crippen LogP contribution in [0.4, 0.5) is 0 Å². The minimum Gasteiger partial charge on any atom is -0.481 e. The number of carbonyl (C=O) groups is 8. The van der Waals surface area contributed by atoms with Crippen molar-refractivity contribution in [2.24, 2.45) is 45.2 Å². The fraction of sp³-hybridized carbons (Fsp3) is 0.595. The smallest absolute Gasteiger partial charge is 0.307 e. The number of aliphatic carboxylic acids is 5. The number of primary amides is 1. The van der Waals surface area contributed by atoms with Crippen molar-refractivity contribution >= 4 is 58.7 Å². The Hall–Kier alpha value is -5.85. The highest BCUT2D eigenvalue weighted by atomic mass is 16.4. The maximum atomic E-state index is 14.2. The summed E-state index contributed by atoms with van der Waals surface area (Å²) in [5, 5.41) is 60.2. The Morgan fingerprint density at radius 2 is 1.51 bits per heavy atom. The SMILES string of the molecule is CC1(CC(N)=O)C2=NC(CC34NC(=O)CC3(C)C(CCC(=O)O)C(C=C3NC(=C5C(=O)CCc6c5[nH]c(c6CC(=O)O)C2)C(CCC(=O)O)C3CC(=O)O)N4)C1CCC(=O)O. The minimum absolute atomic E-state index is 0.0328. The van der Waals surface area contributed by atoms with Crippen molar-refractivity contribution in [2.45, 2.75) is 121 Å². The van der Waals surface area contributed by atoms with Gasteiger partial charge in [0.05, 0.1) is 35.8 Å². The number of H-pyrrole nitrogens is 1. The van der Waals surface area contributed by atoms with E-state index in [1.54, 1.807) is 13.0 Å². The fourth-order valence-electron chi connectivity index (χ4n) is 11.9. The molecule has 0 radical (unpaired) electrons. The molecule has 6 heterocycles. The van der Waals surface area contributed by atoms with Gasteiger partial charge < -0.3 is 46.9 Å². The summed E-state index contributed by atoms with van der Waals surface area (Å²) in [4.78, 5) is 111. The third-order valence-electron chi connectivity index (χ3n) is 14.5. The molecule has 0 saturated carbocycles.